The van der Waals surface area contributed by atoms with Gasteiger partial charge >= 0.3 is 0 Å². The quantitative estimate of drug-likeness (QED) is 0.176. The molecule has 268 valence electrons. The van der Waals surface area contributed by atoms with Crippen molar-refractivity contribution < 1.29 is 0 Å². The van der Waals surface area contributed by atoms with Crippen molar-refractivity contribution in [3.05, 3.63) is 182 Å². The molecule has 0 spiro atoms. The number of allylic oxidation sites excluding steroid dienone is 4. The van der Waals surface area contributed by atoms with Crippen molar-refractivity contribution in [2.45, 2.75) is 12.8 Å². The van der Waals surface area contributed by atoms with Gasteiger partial charge in [0.25, 0.3) is 0 Å². The van der Waals surface area contributed by atoms with Crippen LogP contribution in [0.1, 0.15) is 18.7 Å². The highest BCUT2D eigenvalue weighted by atomic mass is 32.1. The van der Waals surface area contributed by atoms with Crippen LogP contribution in [0.2, 0.25) is 0 Å². The normalized spacial score (nSPS) is 13.2. The molecule has 5 nitrogen and oxygen atoms in total. The lowest BCUT2D eigenvalue weighted by atomic mass is 10.1. The number of nitrogens with zero attached hydrogens (tertiary/aromatic N) is 5. The maximum Gasteiger partial charge on any atom is 0.165 e. The zero-order valence-corrected chi connectivity index (χ0v) is 31.6. The van der Waals surface area contributed by atoms with Crippen molar-refractivity contribution in [2.75, 3.05) is 0 Å². The molecule has 4 heterocycles. The van der Waals surface area contributed by atoms with Crippen LogP contribution in [-0.2, 0) is 0 Å². The molecule has 0 atom stereocenters. The Morgan fingerprint density at radius 2 is 1.05 bits per heavy atom. The van der Waals surface area contributed by atoms with Gasteiger partial charge in [-0.05, 0) is 67.4 Å². The molecule has 0 bridgehead atoms. The topological polar surface area (TPSA) is 48.5 Å². The standard InChI is InChI=1S/C51H33N5S/c1-4-16-32(17-5-1)49-52-50(33-18-6-2-7-19-33)54-51(53-49)42-29-35(28-41-38-24-12-15-27-47(38)57-48(41)42)56-44-26-14-11-23-37(44)40-30-39-36-22-10-13-25-43(36)55(45(39)31-46(40)56)34-20-8-3-9-21-34/h1,3-6,8-31H,2,7H2. The van der Waals surface area contributed by atoms with Gasteiger partial charge in [0.05, 0.1) is 22.1 Å². The first-order valence-corrected chi connectivity index (χ1v) is 20.2. The molecule has 57 heavy (non-hydrogen) atoms. The summed E-state index contributed by atoms with van der Waals surface area (Å²) < 4.78 is 7.24. The molecule has 0 radical (unpaired) electrons. The van der Waals surface area contributed by atoms with E-state index in [9.17, 15) is 0 Å². The molecule has 7 aromatic carbocycles. The summed E-state index contributed by atoms with van der Waals surface area (Å²) in [5.74, 6) is 2.04. The lowest BCUT2D eigenvalue weighted by molar-refractivity contribution is 1.01. The van der Waals surface area contributed by atoms with Crippen LogP contribution in [-0.4, -0.2) is 24.1 Å². The minimum atomic E-state index is 0.670. The van der Waals surface area contributed by atoms with Gasteiger partial charge in [-0.1, -0.05) is 121 Å². The highest BCUT2D eigenvalue weighted by Crippen LogP contribution is 2.44. The minimum Gasteiger partial charge on any atom is -0.309 e. The van der Waals surface area contributed by atoms with Gasteiger partial charge in [0, 0.05) is 69.8 Å². The molecule has 1 aliphatic carbocycles. The molecule has 0 saturated carbocycles. The fourth-order valence-corrected chi connectivity index (χ4v) is 9.99. The first-order chi connectivity index (χ1) is 28.3. The van der Waals surface area contributed by atoms with Crippen LogP contribution in [0.15, 0.2) is 176 Å². The zero-order valence-electron chi connectivity index (χ0n) is 30.8. The summed E-state index contributed by atoms with van der Waals surface area (Å²) in [6.45, 7) is 0. The Bertz CT molecular complexity index is 3460. The van der Waals surface area contributed by atoms with Gasteiger partial charge in [0.15, 0.2) is 17.5 Å². The number of fused-ring (bicyclic) bond motifs is 9. The van der Waals surface area contributed by atoms with Crippen molar-refractivity contribution in [3.8, 4) is 34.2 Å². The molecule has 0 unspecified atom stereocenters. The van der Waals surface area contributed by atoms with E-state index < -0.39 is 0 Å². The fourth-order valence-electron chi connectivity index (χ4n) is 8.79. The Balaban J connectivity index is 1.19. The molecule has 0 aliphatic heterocycles. The number of aromatic nitrogens is 5. The van der Waals surface area contributed by atoms with Crippen molar-refractivity contribution in [1.29, 1.82) is 0 Å². The summed E-state index contributed by atoms with van der Waals surface area (Å²) in [6.07, 6.45) is 8.59. The van der Waals surface area contributed by atoms with E-state index in [0.29, 0.717) is 17.5 Å². The summed E-state index contributed by atoms with van der Waals surface area (Å²) in [5.41, 5.74) is 9.86. The van der Waals surface area contributed by atoms with Crippen LogP contribution in [0.5, 0.6) is 0 Å². The van der Waals surface area contributed by atoms with E-state index >= 15 is 0 Å². The fraction of sp³-hybridized carbons (Fsp3) is 0.0392. The predicted molar refractivity (Wildman–Crippen MR) is 239 cm³/mol. The third kappa shape index (κ3) is 5.04. The Kier molecular flexibility index (Phi) is 7.16. The third-order valence-electron chi connectivity index (χ3n) is 11.4. The van der Waals surface area contributed by atoms with Crippen LogP contribution in [0, 0.1) is 0 Å². The number of hydrogen-bond donors (Lipinski definition) is 0. The molecule has 0 fully saturated rings. The Labute approximate surface area is 332 Å². The number of thiophene rings is 1. The van der Waals surface area contributed by atoms with Crippen molar-refractivity contribution >= 4 is 80.7 Å². The van der Waals surface area contributed by atoms with Gasteiger partial charge in [-0.3, -0.25) is 0 Å². The maximum atomic E-state index is 5.28. The first-order valence-electron chi connectivity index (χ1n) is 19.4. The second kappa shape index (κ2) is 12.7. The van der Waals surface area contributed by atoms with Crippen molar-refractivity contribution in [1.82, 2.24) is 24.1 Å². The molecule has 0 amide bonds. The smallest absolute Gasteiger partial charge is 0.165 e. The number of benzene rings is 7. The van der Waals surface area contributed by atoms with E-state index in [0.717, 1.165) is 56.6 Å². The summed E-state index contributed by atoms with van der Waals surface area (Å²) >= 11 is 1.80. The summed E-state index contributed by atoms with van der Waals surface area (Å²) in [6, 6.07) is 56.7. The monoisotopic (exact) mass is 747 g/mol. The van der Waals surface area contributed by atoms with Crippen LogP contribution < -0.4 is 0 Å². The lowest BCUT2D eigenvalue weighted by Gasteiger charge is -2.14. The molecule has 11 aromatic rings. The highest BCUT2D eigenvalue weighted by Gasteiger charge is 2.22. The molecular formula is C51H33N5S. The number of para-hydroxylation sites is 3. The van der Waals surface area contributed by atoms with Gasteiger partial charge in [-0.15, -0.1) is 11.3 Å². The van der Waals surface area contributed by atoms with E-state index in [1.807, 2.05) is 18.2 Å². The van der Waals surface area contributed by atoms with Crippen molar-refractivity contribution in [2.24, 2.45) is 0 Å². The van der Waals surface area contributed by atoms with E-state index in [-0.39, 0.29) is 0 Å². The number of hydrogen-bond acceptors (Lipinski definition) is 4. The van der Waals surface area contributed by atoms with Gasteiger partial charge in [0.1, 0.15) is 0 Å². The molecule has 1 aliphatic rings. The minimum absolute atomic E-state index is 0.670. The first kappa shape index (κ1) is 32.1. The van der Waals surface area contributed by atoms with Gasteiger partial charge < -0.3 is 9.13 Å². The summed E-state index contributed by atoms with van der Waals surface area (Å²) in [5, 5.41) is 7.33. The largest absolute Gasteiger partial charge is 0.309 e. The SMILES string of the molecule is C1=CC(c2nc(-c3ccccc3)nc(-c3cc(-n4c5ccccc5c5cc6c7ccccc7n(-c7ccccc7)c6cc54)cc4c3sc3ccccc34)n2)=CCC1. The maximum absolute atomic E-state index is 5.28. The third-order valence-corrected chi connectivity index (χ3v) is 12.6. The van der Waals surface area contributed by atoms with Crippen LogP contribution in [0.3, 0.4) is 0 Å². The Morgan fingerprint density at radius 3 is 1.77 bits per heavy atom. The lowest BCUT2D eigenvalue weighted by Crippen LogP contribution is -2.04. The van der Waals surface area contributed by atoms with Crippen LogP contribution in [0.25, 0.3) is 104 Å². The molecule has 4 aromatic heterocycles. The highest BCUT2D eigenvalue weighted by molar-refractivity contribution is 7.26. The second-order valence-electron chi connectivity index (χ2n) is 14.7. The van der Waals surface area contributed by atoms with Gasteiger partial charge in [0.2, 0.25) is 0 Å². The molecular weight excluding hydrogens is 715 g/mol. The molecule has 12 rings (SSSR count). The average Bonchev–Trinajstić information content (AvgIpc) is 3.93. The number of rotatable bonds is 5. The van der Waals surface area contributed by atoms with E-state index in [4.69, 9.17) is 15.0 Å². The van der Waals surface area contributed by atoms with Gasteiger partial charge in [-0.2, -0.15) is 0 Å². The van der Waals surface area contributed by atoms with E-state index in [2.05, 4.69) is 167 Å². The zero-order chi connectivity index (χ0) is 37.5. The molecule has 0 saturated heterocycles. The average molecular weight is 748 g/mol. The summed E-state index contributed by atoms with van der Waals surface area (Å²) in [4.78, 5) is 15.6. The molecule has 6 heteroatoms. The van der Waals surface area contributed by atoms with E-state index in [1.54, 1.807) is 11.3 Å². The second-order valence-corrected chi connectivity index (χ2v) is 15.8. The van der Waals surface area contributed by atoms with E-state index in [1.165, 1.54) is 48.1 Å². The van der Waals surface area contributed by atoms with Crippen LogP contribution >= 0.6 is 11.3 Å². The van der Waals surface area contributed by atoms with Crippen molar-refractivity contribution in [3.63, 3.8) is 0 Å². The summed E-state index contributed by atoms with van der Waals surface area (Å²) in [7, 11) is 0. The Hall–Kier alpha value is -7.15. The van der Waals surface area contributed by atoms with Gasteiger partial charge in [-0.25, -0.2) is 15.0 Å². The van der Waals surface area contributed by atoms with Crippen LogP contribution in [0.4, 0.5) is 0 Å². The Morgan fingerprint density at radius 1 is 0.439 bits per heavy atom. The predicted octanol–water partition coefficient (Wildman–Crippen LogP) is 13.5. The molecule has 0 N–H and O–H groups in total.